The second-order valence-electron chi connectivity index (χ2n) is 21.4. The third-order valence-corrected chi connectivity index (χ3v) is 19.1. The van der Waals surface area contributed by atoms with Crippen LogP contribution in [-0.2, 0) is 0 Å². The van der Waals surface area contributed by atoms with Crippen molar-refractivity contribution in [2.75, 3.05) is 0 Å². The minimum Gasteiger partial charge on any atom is -0.274 e. The Hall–Kier alpha value is -10.6. The number of benzene rings is 12. The Morgan fingerprint density at radius 1 is 0.226 bits per heavy atom. The largest absolute Gasteiger partial charge is 0.274 e. The summed E-state index contributed by atoms with van der Waals surface area (Å²) in [4.78, 5) is 0. The van der Waals surface area contributed by atoms with Crippen LogP contribution in [-0.4, -0.2) is 29.2 Å². The molecule has 0 N–H and O–H groups in total. The van der Waals surface area contributed by atoms with E-state index in [1.165, 1.54) is 106 Å². The lowest BCUT2D eigenvalue weighted by Crippen LogP contribution is -1.94. The van der Waals surface area contributed by atoms with Crippen molar-refractivity contribution in [1.82, 2.24) is 29.2 Å². The van der Waals surface area contributed by atoms with Crippen LogP contribution in [0.3, 0.4) is 0 Å². The van der Waals surface area contributed by atoms with E-state index in [4.69, 9.17) is 0 Å². The van der Waals surface area contributed by atoms with Gasteiger partial charge in [-0.15, -0.1) is 43.1 Å². The predicted molar refractivity (Wildman–Crippen MR) is 354 cm³/mol. The maximum atomic E-state index is 4.65. The van der Waals surface area contributed by atoms with Gasteiger partial charge in [0.1, 0.15) is 0 Å². The van der Waals surface area contributed by atoms with Gasteiger partial charge in [0.05, 0.1) is 11.0 Å². The summed E-state index contributed by atoms with van der Waals surface area (Å²) in [7, 11) is 0. The monoisotopic (exact) mass is 1110 g/mol. The first-order chi connectivity index (χ1) is 41.7. The number of nitrogens with zero attached hydrogens (tertiary/aromatic N) is 6. The molecule has 0 amide bonds. The molecule has 0 fully saturated rings. The number of fused-ring (bicyclic) bond motifs is 18. The van der Waals surface area contributed by atoms with Crippen LogP contribution in [0.5, 0.6) is 0 Å². The second kappa shape index (κ2) is 19.5. The van der Waals surface area contributed by atoms with E-state index in [2.05, 4.69) is 272 Å². The Kier molecular flexibility index (Phi) is 11.2. The van der Waals surface area contributed by atoms with E-state index in [0.29, 0.717) is 0 Å². The lowest BCUT2D eigenvalue weighted by atomic mass is 9.96. The normalized spacial score (nSPS) is 11.8. The van der Waals surface area contributed by atoms with Gasteiger partial charge in [0.2, 0.25) is 0 Å². The highest BCUT2D eigenvalue weighted by Gasteiger charge is 2.20. The smallest absolute Gasteiger partial charge is 0.169 e. The van der Waals surface area contributed by atoms with Crippen LogP contribution in [0.25, 0.3) is 162 Å². The van der Waals surface area contributed by atoms with Gasteiger partial charge in [-0.25, -0.2) is 0 Å². The molecule has 0 atom stereocenters. The highest BCUT2D eigenvalue weighted by Crippen LogP contribution is 2.44. The summed E-state index contributed by atoms with van der Waals surface area (Å²) in [6.07, 6.45) is 0. The summed E-state index contributed by atoms with van der Waals surface area (Å²) in [6.45, 7) is 0. The summed E-state index contributed by atoms with van der Waals surface area (Å²) in [6, 6.07) is 99.8. The van der Waals surface area contributed by atoms with E-state index < -0.39 is 0 Å². The highest BCUT2D eigenvalue weighted by atomic mass is 32.1. The maximum absolute atomic E-state index is 4.65. The first-order valence-corrected chi connectivity index (χ1v) is 29.8. The van der Waals surface area contributed by atoms with Gasteiger partial charge in [0.25, 0.3) is 0 Å². The van der Waals surface area contributed by atoms with Crippen molar-refractivity contribution in [3.05, 3.63) is 279 Å². The minimum atomic E-state index is 0.854. The Morgan fingerprint density at radius 2 is 0.595 bits per heavy atom. The fraction of sp³-hybridized carbons (Fsp3) is 0. The summed E-state index contributed by atoms with van der Waals surface area (Å²) in [5, 5.41) is 30.8. The van der Waals surface area contributed by atoms with Crippen molar-refractivity contribution < 1.29 is 0 Å². The average Bonchev–Trinajstić information content (AvgIpc) is 3.00. The van der Waals surface area contributed by atoms with Crippen LogP contribution in [0.1, 0.15) is 0 Å². The molecule has 0 aliphatic rings. The van der Waals surface area contributed by atoms with E-state index in [-0.39, 0.29) is 0 Å². The topological polar surface area (TPSA) is 60.4 Å². The van der Waals surface area contributed by atoms with Crippen molar-refractivity contribution >= 4 is 118 Å². The molecule has 0 spiro atoms. The number of thiophene rings is 2. The quantitative estimate of drug-likeness (QED) is 0.156. The molecule has 0 saturated heterocycles. The van der Waals surface area contributed by atoms with Crippen molar-refractivity contribution in [2.24, 2.45) is 0 Å². The maximum Gasteiger partial charge on any atom is 0.169 e. The third kappa shape index (κ3) is 7.76. The lowest BCUT2D eigenvalue weighted by Gasteiger charge is -2.12. The first kappa shape index (κ1) is 48.1. The molecule has 6 heterocycles. The fourth-order valence-electron chi connectivity index (χ4n) is 12.7. The van der Waals surface area contributed by atoms with Crippen molar-refractivity contribution in [1.29, 1.82) is 0 Å². The molecule has 392 valence electrons. The molecule has 18 aromatic rings. The molecule has 84 heavy (non-hydrogen) atoms. The molecule has 12 aromatic carbocycles. The Morgan fingerprint density at radius 3 is 1.12 bits per heavy atom. The molecule has 0 radical (unpaired) electrons. The molecule has 18 rings (SSSR count). The van der Waals surface area contributed by atoms with Gasteiger partial charge in [-0.1, -0.05) is 237 Å². The molecule has 0 unspecified atom stereocenters. The zero-order valence-electron chi connectivity index (χ0n) is 45.1. The standard InChI is InChI=1S/2C38H23N3S/c1-2-10-24(11-3-1)37-39-40-38-32-16-5-4-14-29(32)33-23-26(20-21-34(33)41(37)38)25-12-8-13-27(22-25)28-17-9-18-31-30-15-6-7-19-35(30)42-36(28)31;1-2-9-26(10-3-1)37-39-40-38-32-13-5-4-11-29(32)33-23-27(21-22-34(33)41(37)38)24-17-19-25(20-18-24)28-14-8-15-31-30-12-6-7-16-35(30)42-36(28)31/h2*1-23H. The van der Waals surface area contributed by atoms with E-state index in [1.807, 2.05) is 59.1 Å². The van der Waals surface area contributed by atoms with Crippen LogP contribution < -0.4 is 0 Å². The van der Waals surface area contributed by atoms with Gasteiger partial charge in [-0.2, -0.15) is 0 Å². The van der Waals surface area contributed by atoms with Gasteiger partial charge < -0.3 is 0 Å². The van der Waals surface area contributed by atoms with E-state index in [1.54, 1.807) is 0 Å². The summed E-state index contributed by atoms with van der Waals surface area (Å²) in [5.41, 5.74) is 15.9. The Labute approximate surface area is 490 Å². The van der Waals surface area contributed by atoms with Crippen LogP contribution in [0, 0.1) is 0 Å². The SMILES string of the molecule is c1ccc(-c2nnc3c4ccccc4c4cc(-c5ccc(-c6cccc7c6sc6ccccc67)cc5)ccc4n23)cc1.c1ccc(-c2nnc3c4ccccc4c4cc(-c5cccc(-c6cccc7c6sc6ccccc67)c5)ccc4n23)cc1. The number of hydrogen-bond donors (Lipinski definition) is 0. The zero-order chi connectivity index (χ0) is 55.2. The highest BCUT2D eigenvalue weighted by molar-refractivity contribution is 7.26. The van der Waals surface area contributed by atoms with Crippen molar-refractivity contribution in [3.8, 4) is 67.3 Å². The van der Waals surface area contributed by atoms with Gasteiger partial charge in [-0.3, -0.25) is 8.80 Å². The Balaban J connectivity index is 0.000000132. The number of aromatic nitrogens is 6. The van der Waals surface area contributed by atoms with Crippen LogP contribution in [0.2, 0.25) is 0 Å². The predicted octanol–water partition coefficient (Wildman–Crippen LogP) is 20.8. The summed E-state index contributed by atoms with van der Waals surface area (Å²) in [5.74, 6) is 1.71. The van der Waals surface area contributed by atoms with E-state index >= 15 is 0 Å². The Bertz CT molecular complexity index is 5620. The van der Waals surface area contributed by atoms with Crippen molar-refractivity contribution in [2.45, 2.75) is 0 Å². The van der Waals surface area contributed by atoms with Crippen LogP contribution in [0.4, 0.5) is 0 Å². The minimum absolute atomic E-state index is 0.854. The lowest BCUT2D eigenvalue weighted by molar-refractivity contribution is 1.12. The fourth-order valence-corrected chi connectivity index (χ4v) is 15.1. The van der Waals surface area contributed by atoms with Crippen molar-refractivity contribution in [3.63, 3.8) is 0 Å². The summed E-state index contributed by atoms with van der Waals surface area (Å²) < 4.78 is 9.74. The number of pyridine rings is 2. The average molecular weight is 1110 g/mol. The molecule has 0 saturated carbocycles. The first-order valence-electron chi connectivity index (χ1n) is 28.2. The molecule has 0 aliphatic carbocycles. The molecule has 8 heteroatoms. The molecule has 0 bridgehead atoms. The molecule has 6 nitrogen and oxygen atoms in total. The number of rotatable bonds is 6. The number of hydrogen-bond acceptors (Lipinski definition) is 6. The van der Waals surface area contributed by atoms with Gasteiger partial charge in [0.15, 0.2) is 22.9 Å². The zero-order valence-corrected chi connectivity index (χ0v) is 46.7. The molecule has 6 aromatic heterocycles. The summed E-state index contributed by atoms with van der Waals surface area (Å²) >= 11 is 3.75. The van der Waals surface area contributed by atoms with E-state index in [0.717, 1.165) is 55.9 Å². The molecular formula is C76H46N6S2. The third-order valence-electron chi connectivity index (χ3n) is 16.6. The molecular weight excluding hydrogens is 1060 g/mol. The van der Waals surface area contributed by atoms with Gasteiger partial charge in [-0.05, 0) is 97.7 Å². The molecule has 0 aliphatic heterocycles. The van der Waals surface area contributed by atoms with Crippen LogP contribution in [0.15, 0.2) is 279 Å². The van der Waals surface area contributed by atoms with Crippen LogP contribution >= 0.6 is 22.7 Å². The van der Waals surface area contributed by atoms with Gasteiger partial charge in [0, 0.05) is 73.0 Å². The van der Waals surface area contributed by atoms with E-state index in [9.17, 15) is 0 Å². The van der Waals surface area contributed by atoms with Gasteiger partial charge >= 0.3 is 0 Å². The second-order valence-corrected chi connectivity index (χ2v) is 23.5.